The molecule has 0 unspecified atom stereocenters. The van der Waals surface area contributed by atoms with Gasteiger partial charge in [-0.05, 0) is 36.4 Å². The lowest BCUT2D eigenvalue weighted by Crippen LogP contribution is -2.03. The Bertz CT molecular complexity index is 2470. The Morgan fingerprint density at radius 2 is 1.13 bits per heavy atom. The van der Waals surface area contributed by atoms with Gasteiger partial charge in [0.15, 0.2) is 5.69 Å². The highest BCUT2D eigenvalue weighted by molar-refractivity contribution is 6.34. The quantitative estimate of drug-likeness (QED) is 0.240. The van der Waals surface area contributed by atoms with Crippen LogP contribution in [0.25, 0.3) is 76.8 Å². The predicted octanol–water partition coefficient (Wildman–Crippen LogP) is 7.75. The maximum Gasteiger partial charge on any atom is 0.236 e. The molecule has 0 spiro atoms. The number of rotatable bonds is 1. The highest BCUT2D eigenvalue weighted by Gasteiger charge is 2.25. The zero-order chi connectivity index (χ0) is 25.0. The topological polar surface area (TPSA) is 58.9 Å². The molecule has 0 saturated carbocycles. The van der Waals surface area contributed by atoms with Crippen molar-refractivity contribution in [3.8, 4) is 12.0 Å². The highest BCUT2D eigenvalue weighted by atomic mass is 15.2. The SMILES string of the molecule is N#Cc1nc(-n2c3ccccc3c3cc4c5ccccc5n5c6ccccc6c(c32)c45)nc2ccccc12. The third-order valence-corrected chi connectivity index (χ3v) is 7.90. The largest absolute Gasteiger partial charge is 0.308 e. The van der Waals surface area contributed by atoms with Gasteiger partial charge in [-0.2, -0.15) is 5.26 Å². The summed E-state index contributed by atoms with van der Waals surface area (Å²) in [5.41, 5.74) is 6.79. The molecule has 0 aliphatic heterocycles. The van der Waals surface area contributed by atoms with Crippen LogP contribution < -0.4 is 0 Å². The first-order valence-corrected chi connectivity index (χ1v) is 12.6. The van der Waals surface area contributed by atoms with Gasteiger partial charge in [0.2, 0.25) is 5.95 Å². The molecule has 0 N–H and O–H groups in total. The van der Waals surface area contributed by atoms with E-state index in [1.807, 2.05) is 30.3 Å². The van der Waals surface area contributed by atoms with E-state index in [1.54, 1.807) is 0 Å². The summed E-state index contributed by atoms with van der Waals surface area (Å²) in [6.45, 7) is 0. The normalized spacial score (nSPS) is 12.2. The molecule has 0 amide bonds. The van der Waals surface area contributed by atoms with Gasteiger partial charge < -0.3 is 4.40 Å². The zero-order valence-electron chi connectivity index (χ0n) is 20.1. The molecule has 0 fully saturated rings. The minimum absolute atomic E-state index is 0.378. The van der Waals surface area contributed by atoms with Crippen molar-refractivity contribution in [2.24, 2.45) is 0 Å². The van der Waals surface area contributed by atoms with Crippen LogP contribution >= 0.6 is 0 Å². The lowest BCUT2D eigenvalue weighted by molar-refractivity contribution is 1.00. The Morgan fingerprint density at radius 1 is 0.553 bits per heavy atom. The van der Waals surface area contributed by atoms with Crippen LogP contribution in [0.4, 0.5) is 0 Å². The van der Waals surface area contributed by atoms with E-state index >= 15 is 0 Å². The molecular formula is C33H17N5. The van der Waals surface area contributed by atoms with Crippen molar-refractivity contribution in [1.82, 2.24) is 18.9 Å². The van der Waals surface area contributed by atoms with E-state index in [2.05, 4.69) is 87.8 Å². The van der Waals surface area contributed by atoms with Crippen molar-refractivity contribution in [2.75, 3.05) is 0 Å². The van der Waals surface area contributed by atoms with Crippen LogP contribution in [0.1, 0.15) is 5.69 Å². The first-order valence-electron chi connectivity index (χ1n) is 12.6. The van der Waals surface area contributed by atoms with Crippen molar-refractivity contribution in [2.45, 2.75) is 0 Å². The molecule has 9 rings (SSSR count). The van der Waals surface area contributed by atoms with Gasteiger partial charge >= 0.3 is 0 Å². The monoisotopic (exact) mass is 483 g/mol. The standard InChI is InChI=1S/C33H17N5/c34-18-26-21-11-1-5-13-25(21)35-33(36-26)38-28-15-7-3-10-20(28)24-17-23-19-9-2-6-14-27(19)37-29-16-8-4-12-22(29)30(31(23)37)32(24)38/h1-17H. The molecule has 38 heavy (non-hydrogen) atoms. The molecule has 4 aromatic heterocycles. The summed E-state index contributed by atoms with van der Waals surface area (Å²) in [5.74, 6) is 0.508. The van der Waals surface area contributed by atoms with Crippen molar-refractivity contribution < 1.29 is 0 Å². The highest BCUT2D eigenvalue weighted by Crippen LogP contribution is 2.46. The first kappa shape index (κ1) is 19.7. The molecule has 5 aromatic carbocycles. The molecule has 5 nitrogen and oxygen atoms in total. The maximum atomic E-state index is 9.99. The van der Waals surface area contributed by atoms with Crippen LogP contribution in [0.3, 0.4) is 0 Å². The van der Waals surface area contributed by atoms with Crippen LogP contribution in [-0.4, -0.2) is 18.9 Å². The van der Waals surface area contributed by atoms with Gasteiger partial charge in [-0.15, -0.1) is 0 Å². The Hall–Kier alpha value is -5.47. The Balaban J connectivity index is 1.60. The molecule has 0 bridgehead atoms. The fourth-order valence-electron chi connectivity index (χ4n) is 6.41. The number of hydrogen-bond acceptors (Lipinski definition) is 3. The average Bonchev–Trinajstić information content (AvgIpc) is 3.61. The summed E-state index contributed by atoms with van der Waals surface area (Å²) >= 11 is 0. The number of aromatic nitrogens is 4. The Kier molecular flexibility index (Phi) is 3.55. The van der Waals surface area contributed by atoms with E-state index in [-0.39, 0.29) is 0 Å². The van der Waals surface area contributed by atoms with Crippen molar-refractivity contribution in [1.29, 1.82) is 5.26 Å². The van der Waals surface area contributed by atoms with Crippen LogP contribution in [-0.2, 0) is 0 Å². The number of nitriles is 1. The van der Waals surface area contributed by atoms with Gasteiger partial charge in [0.05, 0.1) is 33.1 Å². The molecule has 0 radical (unpaired) electrons. The molecular weight excluding hydrogens is 466 g/mol. The average molecular weight is 484 g/mol. The van der Waals surface area contributed by atoms with Crippen LogP contribution in [0.5, 0.6) is 0 Å². The minimum atomic E-state index is 0.378. The summed E-state index contributed by atoms with van der Waals surface area (Å²) in [6.07, 6.45) is 0. The lowest BCUT2D eigenvalue weighted by Gasteiger charge is -2.09. The molecule has 0 atom stereocenters. The summed E-state index contributed by atoms with van der Waals surface area (Å²) in [4.78, 5) is 9.81. The molecule has 0 aliphatic rings. The fourth-order valence-corrected chi connectivity index (χ4v) is 6.41. The lowest BCUT2D eigenvalue weighted by atomic mass is 10.0. The smallest absolute Gasteiger partial charge is 0.236 e. The van der Waals surface area contributed by atoms with E-state index in [0.29, 0.717) is 11.6 Å². The summed E-state index contributed by atoms with van der Waals surface area (Å²) in [5, 5.41) is 17.9. The fraction of sp³-hybridized carbons (Fsp3) is 0. The van der Waals surface area contributed by atoms with Gasteiger partial charge in [-0.3, -0.25) is 4.57 Å². The predicted molar refractivity (Wildman–Crippen MR) is 153 cm³/mol. The summed E-state index contributed by atoms with van der Waals surface area (Å²) in [7, 11) is 0. The van der Waals surface area contributed by atoms with Gasteiger partial charge in [-0.25, -0.2) is 9.97 Å². The third-order valence-electron chi connectivity index (χ3n) is 7.90. The second-order valence-electron chi connectivity index (χ2n) is 9.77. The van der Waals surface area contributed by atoms with Crippen LogP contribution in [0.2, 0.25) is 0 Å². The molecule has 0 aliphatic carbocycles. The van der Waals surface area contributed by atoms with Crippen LogP contribution in [0, 0.1) is 11.3 Å². The third kappa shape index (κ3) is 2.26. The van der Waals surface area contributed by atoms with Crippen LogP contribution in [0.15, 0.2) is 103 Å². The number of para-hydroxylation sites is 4. The van der Waals surface area contributed by atoms with E-state index in [0.717, 1.165) is 32.7 Å². The minimum Gasteiger partial charge on any atom is -0.308 e. The van der Waals surface area contributed by atoms with Crippen molar-refractivity contribution in [3.63, 3.8) is 0 Å². The van der Waals surface area contributed by atoms with Gasteiger partial charge in [-0.1, -0.05) is 66.7 Å². The molecule has 4 heterocycles. The number of fused-ring (bicyclic) bond motifs is 11. The second kappa shape index (κ2) is 6.84. The van der Waals surface area contributed by atoms with E-state index in [4.69, 9.17) is 9.97 Å². The second-order valence-corrected chi connectivity index (χ2v) is 9.77. The number of hydrogen-bond donors (Lipinski definition) is 0. The van der Waals surface area contributed by atoms with E-state index in [9.17, 15) is 5.26 Å². The zero-order valence-corrected chi connectivity index (χ0v) is 20.1. The maximum absolute atomic E-state index is 9.99. The summed E-state index contributed by atoms with van der Waals surface area (Å²) < 4.78 is 4.54. The Labute approximate surface area is 215 Å². The summed E-state index contributed by atoms with van der Waals surface area (Å²) in [6, 6.07) is 38.0. The number of benzene rings is 5. The van der Waals surface area contributed by atoms with Gasteiger partial charge in [0, 0.05) is 37.7 Å². The van der Waals surface area contributed by atoms with E-state index < -0.39 is 0 Å². The molecule has 9 aromatic rings. The number of nitrogens with zero attached hydrogens (tertiary/aromatic N) is 5. The first-order chi connectivity index (χ1) is 18.8. The molecule has 174 valence electrons. The van der Waals surface area contributed by atoms with Crippen molar-refractivity contribution in [3.05, 3.63) is 109 Å². The van der Waals surface area contributed by atoms with Gasteiger partial charge in [0.25, 0.3) is 0 Å². The van der Waals surface area contributed by atoms with Crippen molar-refractivity contribution >= 4 is 70.8 Å². The van der Waals surface area contributed by atoms with E-state index in [1.165, 1.54) is 38.1 Å². The van der Waals surface area contributed by atoms with Gasteiger partial charge in [0.1, 0.15) is 6.07 Å². The molecule has 5 heteroatoms. The molecule has 0 saturated heterocycles. The Morgan fingerprint density at radius 3 is 1.89 bits per heavy atom.